The number of nitrogens with one attached hydrogen (secondary N) is 1. The summed E-state index contributed by atoms with van der Waals surface area (Å²) in [6.07, 6.45) is 46.3. The molecule has 1 heterocycles. The van der Waals surface area contributed by atoms with Gasteiger partial charge in [0.15, 0.2) is 6.29 Å². The third kappa shape index (κ3) is 28.2. The zero-order valence-corrected chi connectivity index (χ0v) is 35.3. The van der Waals surface area contributed by atoms with Crippen molar-refractivity contribution in [3.63, 3.8) is 0 Å². The highest BCUT2D eigenvalue weighted by molar-refractivity contribution is 5.76. The van der Waals surface area contributed by atoms with Gasteiger partial charge < -0.3 is 40.3 Å². The summed E-state index contributed by atoms with van der Waals surface area (Å²) in [5.41, 5.74) is 0. The molecule has 7 unspecified atom stereocenters. The molecule has 0 radical (unpaired) electrons. The number of aliphatic hydroxyl groups is 5. The van der Waals surface area contributed by atoms with E-state index in [0.29, 0.717) is 6.42 Å². The van der Waals surface area contributed by atoms with Gasteiger partial charge in [-0.3, -0.25) is 4.79 Å². The Balaban J connectivity index is 2.23. The maximum Gasteiger partial charge on any atom is 0.220 e. The summed E-state index contributed by atoms with van der Waals surface area (Å²) in [6, 6.07) is -0.829. The molecule has 324 valence electrons. The van der Waals surface area contributed by atoms with Crippen molar-refractivity contribution < 1.29 is 39.8 Å². The number of unbranched alkanes of at least 4 members (excludes halogenated alkanes) is 10. The van der Waals surface area contributed by atoms with Crippen molar-refractivity contribution in [2.75, 3.05) is 13.2 Å². The molecule has 0 aliphatic carbocycles. The van der Waals surface area contributed by atoms with Crippen LogP contribution in [0.3, 0.4) is 0 Å². The first kappa shape index (κ1) is 52.1. The lowest BCUT2D eigenvalue weighted by Crippen LogP contribution is -2.60. The van der Waals surface area contributed by atoms with Crippen molar-refractivity contribution in [1.82, 2.24) is 5.32 Å². The van der Waals surface area contributed by atoms with Gasteiger partial charge in [0.2, 0.25) is 5.91 Å². The highest BCUT2D eigenvalue weighted by Crippen LogP contribution is 2.22. The predicted octanol–water partition coefficient (Wildman–Crippen LogP) is 8.94. The van der Waals surface area contributed by atoms with Crippen molar-refractivity contribution in [2.45, 2.75) is 185 Å². The quantitative estimate of drug-likeness (QED) is 0.0279. The maximum absolute atomic E-state index is 12.9. The fourth-order valence-corrected chi connectivity index (χ4v) is 6.12. The van der Waals surface area contributed by atoms with Crippen LogP contribution in [0.4, 0.5) is 0 Å². The number of carbonyl (C=O) groups excluding carboxylic acids is 1. The number of allylic oxidation sites excluding steroid dienone is 15. The lowest BCUT2D eigenvalue weighted by Gasteiger charge is -2.40. The van der Waals surface area contributed by atoms with Crippen LogP contribution in [0, 0.1) is 0 Å². The van der Waals surface area contributed by atoms with Gasteiger partial charge in [0, 0.05) is 6.42 Å². The van der Waals surface area contributed by atoms with Crippen molar-refractivity contribution in [1.29, 1.82) is 0 Å². The molecule has 1 saturated heterocycles. The molecule has 0 aromatic heterocycles. The maximum atomic E-state index is 12.9. The number of carbonyl (C=O) groups is 1. The highest BCUT2D eigenvalue weighted by atomic mass is 16.7. The van der Waals surface area contributed by atoms with Crippen LogP contribution in [0.15, 0.2) is 97.2 Å². The van der Waals surface area contributed by atoms with E-state index in [-0.39, 0.29) is 12.5 Å². The Labute approximate surface area is 345 Å². The van der Waals surface area contributed by atoms with Crippen LogP contribution in [-0.2, 0) is 14.3 Å². The smallest absolute Gasteiger partial charge is 0.220 e. The summed E-state index contributed by atoms with van der Waals surface area (Å²) in [6.45, 7) is 3.49. The largest absolute Gasteiger partial charge is 0.394 e. The zero-order chi connectivity index (χ0) is 41.6. The third-order valence-corrected chi connectivity index (χ3v) is 9.62. The number of amides is 1. The molecule has 57 heavy (non-hydrogen) atoms. The molecule has 6 N–H and O–H groups in total. The molecule has 0 saturated carbocycles. The molecule has 0 aromatic rings. The van der Waals surface area contributed by atoms with Gasteiger partial charge in [-0.2, -0.15) is 0 Å². The van der Waals surface area contributed by atoms with E-state index in [9.17, 15) is 30.3 Å². The fourth-order valence-electron chi connectivity index (χ4n) is 6.12. The Kier molecular flexibility index (Phi) is 34.2. The first-order valence-electron chi connectivity index (χ1n) is 22.0. The summed E-state index contributed by atoms with van der Waals surface area (Å²) in [5, 5.41) is 53.8. The minimum Gasteiger partial charge on any atom is -0.394 e. The van der Waals surface area contributed by atoms with Gasteiger partial charge in [0.05, 0.1) is 25.4 Å². The van der Waals surface area contributed by atoms with E-state index in [1.807, 2.05) is 6.08 Å². The molecule has 1 fully saturated rings. The molecular formula is C48H79NO8. The van der Waals surface area contributed by atoms with E-state index in [2.05, 4.69) is 104 Å². The SMILES string of the molecule is CC/C=C\C/C=C\C/C=C\C/C=C\C/C=C\C/C=C\CCCCCCCCCCC(=O)NC(COC1OC(CO)C(O)C(O)C1O)C(O)/C=C/CC/C=C/CCC. The van der Waals surface area contributed by atoms with Crippen molar-refractivity contribution in [3.05, 3.63) is 97.2 Å². The molecule has 1 aliphatic rings. The lowest BCUT2D eigenvalue weighted by molar-refractivity contribution is -0.302. The number of ether oxygens (including phenoxy) is 2. The molecule has 1 aliphatic heterocycles. The van der Waals surface area contributed by atoms with E-state index in [4.69, 9.17) is 9.47 Å². The first-order valence-corrected chi connectivity index (χ1v) is 22.0. The molecule has 0 bridgehead atoms. The normalized spacial score (nSPS) is 22.0. The van der Waals surface area contributed by atoms with Crippen LogP contribution < -0.4 is 5.32 Å². The Bertz CT molecular complexity index is 1200. The monoisotopic (exact) mass is 798 g/mol. The van der Waals surface area contributed by atoms with Crippen molar-refractivity contribution in [2.24, 2.45) is 0 Å². The number of hydrogen-bond acceptors (Lipinski definition) is 8. The Hall–Kier alpha value is -2.89. The van der Waals surface area contributed by atoms with Crippen LogP contribution in [0.5, 0.6) is 0 Å². The van der Waals surface area contributed by atoms with Gasteiger partial charge in [0.25, 0.3) is 0 Å². The van der Waals surface area contributed by atoms with Crippen LogP contribution in [0.2, 0.25) is 0 Å². The van der Waals surface area contributed by atoms with Crippen molar-refractivity contribution in [3.8, 4) is 0 Å². The Morgan fingerprint density at radius 3 is 1.67 bits per heavy atom. The second kappa shape index (κ2) is 37.4. The van der Waals surface area contributed by atoms with Gasteiger partial charge in [-0.05, 0) is 77.0 Å². The molecule has 0 spiro atoms. The van der Waals surface area contributed by atoms with Crippen molar-refractivity contribution >= 4 is 5.91 Å². The van der Waals surface area contributed by atoms with Crippen LogP contribution >= 0.6 is 0 Å². The van der Waals surface area contributed by atoms with Gasteiger partial charge in [-0.15, -0.1) is 0 Å². The van der Waals surface area contributed by atoms with E-state index in [1.165, 1.54) is 25.7 Å². The Morgan fingerprint density at radius 1 is 0.614 bits per heavy atom. The molecule has 9 heteroatoms. The lowest BCUT2D eigenvalue weighted by atomic mass is 9.99. The predicted molar refractivity (Wildman–Crippen MR) is 234 cm³/mol. The van der Waals surface area contributed by atoms with E-state index in [1.54, 1.807) is 6.08 Å². The number of hydrogen-bond donors (Lipinski definition) is 6. The minimum atomic E-state index is -1.58. The van der Waals surface area contributed by atoms with Crippen LogP contribution in [0.1, 0.15) is 142 Å². The third-order valence-electron chi connectivity index (χ3n) is 9.62. The topological polar surface area (TPSA) is 149 Å². The average Bonchev–Trinajstić information content (AvgIpc) is 3.21. The highest BCUT2D eigenvalue weighted by Gasteiger charge is 2.44. The average molecular weight is 798 g/mol. The van der Waals surface area contributed by atoms with Crippen LogP contribution in [-0.4, -0.2) is 87.5 Å². The zero-order valence-electron chi connectivity index (χ0n) is 35.3. The molecule has 9 nitrogen and oxygen atoms in total. The standard InChI is InChI=1S/C48H79NO8/c1-3-5-7-9-11-12-13-14-15-16-17-18-19-20-21-22-23-24-25-26-27-28-29-30-32-34-36-38-44(52)49-41(42(51)37-35-33-31-10-8-6-4-2)40-56-48-47(55)46(54)45(53)43(39-50)57-48/h5,7-8,10-12,14-15,17-18,20-21,23-24,35,37,41-43,45-48,50-51,53-55H,3-4,6,9,13,16,19,22,25-34,36,38-40H2,1-2H3,(H,49,52)/b7-5-,10-8+,12-11-,15-14-,18-17-,21-20-,24-23-,37-35+. The minimum absolute atomic E-state index is 0.207. The summed E-state index contributed by atoms with van der Waals surface area (Å²) < 4.78 is 11.1. The van der Waals surface area contributed by atoms with Gasteiger partial charge in [0.1, 0.15) is 24.4 Å². The van der Waals surface area contributed by atoms with Gasteiger partial charge in [-0.25, -0.2) is 0 Å². The second-order valence-corrected chi connectivity index (χ2v) is 14.7. The van der Waals surface area contributed by atoms with E-state index < -0.39 is 49.5 Å². The Morgan fingerprint density at radius 2 is 1.11 bits per heavy atom. The van der Waals surface area contributed by atoms with E-state index >= 15 is 0 Å². The first-order chi connectivity index (χ1) is 27.8. The summed E-state index contributed by atoms with van der Waals surface area (Å²) >= 11 is 0. The second-order valence-electron chi connectivity index (χ2n) is 14.7. The number of rotatable bonds is 34. The molecular weight excluding hydrogens is 719 g/mol. The molecule has 7 atom stereocenters. The summed E-state index contributed by atoms with van der Waals surface area (Å²) in [4.78, 5) is 12.9. The summed E-state index contributed by atoms with van der Waals surface area (Å²) in [5.74, 6) is -0.207. The number of aliphatic hydroxyl groups excluding tert-OH is 5. The fraction of sp³-hybridized carbons (Fsp3) is 0.646. The summed E-state index contributed by atoms with van der Waals surface area (Å²) in [7, 11) is 0. The van der Waals surface area contributed by atoms with Crippen LogP contribution in [0.25, 0.3) is 0 Å². The molecule has 1 amide bonds. The molecule has 1 rings (SSSR count). The molecule has 0 aromatic carbocycles. The van der Waals surface area contributed by atoms with Gasteiger partial charge in [-0.1, -0.05) is 156 Å². The van der Waals surface area contributed by atoms with Gasteiger partial charge >= 0.3 is 0 Å². The van der Waals surface area contributed by atoms with E-state index in [0.717, 1.165) is 96.3 Å².